The van der Waals surface area contributed by atoms with Crippen LogP contribution in [0, 0.1) is 27.7 Å². The highest BCUT2D eigenvalue weighted by atomic mass is 14.5. The van der Waals surface area contributed by atoms with Crippen LogP contribution in [0.3, 0.4) is 0 Å². The minimum absolute atomic E-state index is 0.837. The molecule has 0 bridgehead atoms. The number of unbranched alkanes of at least 4 members (excludes halogenated alkanes) is 17. The van der Waals surface area contributed by atoms with E-state index in [0.29, 0.717) is 0 Å². The second-order valence-corrected chi connectivity index (χ2v) is 16.1. The van der Waals surface area contributed by atoms with Gasteiger partial charge in [-0.05, 0) is 146 Å². The third-order valence-corrected chi connectivity index (χ3v) is 11.4. The number of nitrogens with two attached hydrogens (primary N) is 2. The maximum Gasteiger partial charge on any atom is 0.0314 e. The highest BCUT2D eigenvalue weighted by molar-refractivity contribution is 5.46. The quantitative estimate of drug-likeness (QED) is 0.0534. The van der Waals surface area contributed by atoms with Crippen molar-refractivity contribution in [2.24, 2.45) is 0 Å². The predicted molar refractivity (Wildman–Crippen MR) is 230 cm³/mol. The van der Waals surface area contributed by atoms with Gasteiger partial charge in [-0.15, -0.1) is 0 Å². The minimum atomic E-state index is 0.837. The average molecular weight is 701 g/mol. The molecule has 0 radical (unpaired) electrons. The summed E-state index contributed by atoms with van der Waals surface area (Å²) in [7, 11) is 0. The highest BCUT2D eigenvalue weighted by Crippen LogP contribution is 2.24. The summed E-state index contributed by atoms with van der Waals surface area (Å²) in [5.41, 5.74) is 27.8. The Morgan fingerprint density at radius 3 is 0.788 bits per heavy atom. The van der Waals surface area contributed by atoms with Crippen molar-refractivity contribution in [3.8, 4) is 0 Å². The van der Waals surface area contributed by atoms with E-state index < -0.39 is 0 Å². The van der Waals surface area contributed by atoms with Gasteiger partial charge in [-0.3, -0.25) is 0 Å². The number of nitrogen functional groups attached to an aromatic ring is 2. The molecule has 282 valence electrons. The monoisotopic (exact) mass is 701 g/mol. The molecule has 0 unspecified atom stereocenters. The molecule has 0 saturated carbocycles. The van der Waals surface area contributed by atoms with Gasteiger partial charge in [0, 0.05) is 11.4 Å². The Morgan fingerprint density at radius 2 is 0.538 bits per heavy atom. The van der Waals surface area contributed by atoms with Crippen molar-refractivity contribution >= 4 is 11.4 Å². The van der Waals surface area contributed by atoms with Crippen LogP contribution in [0.2, 0.25) is 0 Å². The molecule has 0 fully saturated rings. The Labute approximate surface area is 319 Å². The van der Waals surface area contributed by atoms with Gasteiger partial charge in [0.1, 0.15) is 0 Å². The molecule has 0 aliphatic rings. The van der Waals surface area contributed by atoms with Gasteiger partial charge < -0.3 is 11.5 Å². The molecule has 4 aromatic rings. The number of hydrogen-bond donors (Lipinski definition) is 2. The molecule has 0 aliphatic heterocycles. The van der Waals surface area contributed by atoms with Crippen molar-refractivity contribution in [2.45, 2.75) is 169 Å². The van der Waals surface area contributed by atoms with Crippen molar-refractivity contribution in [1.82, 2.24) is 0 Å². The van der Waals surface area contributed by atoms with E-state index in [2.05, 4.69) is 76.2 Å². The number of aryl methyl sites for hydroxylation is 6. The first kappa shape index (κ1) is 41.2. The molecule has 4 aromatic carbocycles. The molecule has 0 aliphatic carbocycles. The zero-order valence-electron chi connectivity index (χ0n) is 33.6. The van der Waals surface area contributed by atoms with E-state index in [1.807, 2.05) is 24.3 Å². The SMILES string of the molecule is Cc1cc(CCCCCCCCCCCCCCCCCCCCc2cc(C)c(Cc3ccc(N)cc3)c(C)c2)cc(C)c1Cc1ccc(N)cc1. The molecule has 4 N–H and O–H groups in total. The van der Waals surface area contributed by atoms with Crippen LogP contribution in [-0.4, -0.2) is 0 Å². The van der Waals surface area contributed by atoms with Crippen LogP contribution in [0.4, 0.5) is 11.4 Å². The average Bonchev–Trinajstić information content (AvgIpc) is 3.12. The summed E-state index contributed by atoms with van der Waals surface area (Å²) in [4.78, 5) is 0. The van der Waals surface area contributed by atoms with Crippen molar-refractivity contribution < 1.29 is 0 Å². The van der Waals surface area contributed by atoms with Gasteiger partial charge in [-0.2, -0.15) is 0 Å². The Kier molecular flexibility index (Phi) is 18.4. The molecule has 0 atom stereocenters. The summed E-state index contributed by atoms with van der Waals surface area (Å²) in [6.07, 6.45) is 29.8. The molecule has 2 heteroatoms. The van der Waals surface area contributed by atoms with E-state index >= 15 is 0 Å². The second kappa shape index (κ2) is 23.2. The van der Waals surface area contributed by atoms with E-state index in [1.54, 1.807) is 0 Å². The molecule has 52 heavy (non-hydrogen) atoms. The molecule has 0 heterocycles. The van der Waals surface area contributed by atoms with Crippen LogP contribution in [-0.2, 0) is 25.7 Å². The van der Waals surface area contributed by atoms with Gasteiger partial charge in [0.25, 0.3) is 0 Å². The third kappa shape index (κ3) is 15.2. The van der Waals surface area contributed by atoms with E-state index in [-0.39, 0.29) is 0 Å². The van der Waals surface area contributed by atoms with Crippen LogP contribution in [0.5, 0.6) is 0 Å². The maximum atomic E-state index is 5.87. The van der Waals surface area contributed by atoms with Crippen molar-refractivity contribution in [1.29, 1.82) is 0 Å². The van der Waals surface area contributed by atoms with Crippen molar-refractivity contribution in [2.75, 3.05) is 11.5 Å². The fourth-order valence-corrected chi connectivity index (χ4v) is 8.18. The Balaban J connectivity index is 0.907. The minimum Gasteiger partial charge on any atom is -0.399 e. The maximum absolute atomic E-state index is 5.87. The second-order valence-electron chi connectivity index (χ2n) is 16.1. The summed E-state index contributed by atoms with van der Waals surface area (Å²) < 4.78 is 0. The van der Waals surface area contributed by atoms with Crippen LogP contribution >= 0.6 is 0 Å². The Hall–Kier alpha value is -3.52. The lowest BCUT2D eigenvalue weighted by molar-refractivity contribution is 0.524. The fraction of sp³-hybridized carbons (Fsp3) is 0.520. The standard InChI is InChI=1S/C50H72N2/c1-39-33-45(34-40(2)49(39)37-43-25-29-47(51)30-26-43)23-21-19-17-15-13-11-9-7-5-6-8-10-12-14-16-18-20-22-24-46-35-41(3)50(42(4)36-46)38-44-27-31-48(52)32-28-44/h25-36H,5-24,37-38,51-52H2,1-4H3. The van der Waals surface area contributed by atoms with Gasteiger partial charge in [-0.1, -0.05) is 151 Å². The lowest BCUT2D eigenvalue weighted by Gasteiger charge is -2.13. The summed E-state index contributed by atoms with van der Waals surface area (Å²) in [5.74, 6) is 0. The molecule has 0 spiro atoms. The number of anilines is 2. The van der Waals surface area contributed by atoms with Crippen molar-refractivity contribution in [3.63, 3.8) is 0 Å². The van der Waals surface area contributed by atoms with E-state index in [0.717, 1.165) is 24.2 Å². The van der Waals surface area contributed by atoms with Gasteiger partial charge in [0.05, 0.1) is 0 Å². The van der Waals surface area contributed by atoms with Gasteiger partial charge in [-0.25, -0.2) is 0 Å². The number of hydrogen-bond acceptors (Lipinski definition) is 2. The zero-order chi connectivity index (χ0) is 37.0. The molecular weight excluding hydrogens is 629 g/mol. The van der Waals surface area contributed by atoms with Crippen molar-refractivity contribution in [3.05, 3.63) is 128 Å². The summed E-state index contributed by atoms with van der Waals surface area (Å²) in [6.45, 7) is 9.12. The summed E-state index contributed by atoms with van der Waals surface area (Å²) in [5, 5.41) is 0. The number of rotatable bonds is 25. The zero-order valence-corrected chi connectivity index (χ0v) is 33.6. The van der Waals surface area contributed by atoms with Gasteiger partial charge >= 0.3 is 0 Å². The predicted octanol–water partition coefficient (Wildman–Crippen LogP) is 14.1. The molecule has 0 aromatic heterocycles. The molecule has 0 saturated heterocycles. The molecular formula is C50H72N2. The highest BCUT2D eigenvalue weighted by Gasteiger charge is 2.09. The van der Waals surface area contributed by atoms with E-state index in [9.17, 15) is 0 Å². The lowest BCUT2D eigenvalue weighted by atomic mass is 9.92. The lowest BCUT2D eigenvalue weighted by Crippen LogP contribution is -1.99. The van der Waals surface area contributed by atoms with Gasteiger partial charge in [0.2, 0.25) is 0 Å². The van der Waals surface area contributed by atoms with Gasteiger partial charge in [0.15, 0.2) is 0 Å². The van der Waals surface area contributed by atoms with Crippen LogP contribution in [0.25, 0.3) is 0 Å². The first-order chi connectivity index (χ1) is 25.3. The van der Waals surface area contributed by atoms with Crippen LogP contribution < -0.4 is 11.5 Å². The Bertz CT molecular complexity index is 1410. The largest absolute Gasteiger partial charge is 0.399 e. The first-order valence-corrected chi connectivity index (χ1v) is 21.2. The molecule has 4 rings (SSSR count). The van der Waals surface area contributed by atoms with E-state index in [1.165, 1.54) is 184 Å². The van der Waals surface area contributed by atoms with Crippen LogP contribution in [0.1, 0.15) is 171 Å². The normalized spacial score (nSPS) is 11.4. The molecule has 2 nitrogen and oxygen atoms in total. The molecule has 0 amide bonds. The fourth-order valence-electron chi connectivity index (χ4n) is 8.18. The third-order valence-electron chi connectivity index (χ3n) is 11.4. The number of benzene rings is 4. The van der Waals surface area contributed by atoms with E-state index in [4.69, 9.17) is 11.5 Å². The first-order valence-electron chi connectivity index (χ1n) is 21.2. The summed E-state index contributed by atoms with van der Waals surface area (Å²) >= 11 is 0. The van der Waals surface area contributed by atoms with Crippen LogP contribution in [0.15, 0.2) is 72.8 Å². The Morgan fingerprint density at radius 1 is 0.308 bits per heavy atom. The topological polar surface area (TPSA) is 52.0 Å². The summed E-state index contributed by atoms with van der Waals surface area (Å²) in [6, 6.07) is 26.4. The smallest absolute Gasteiger partial charge is 0.0314 e.